The van der Waals surface area contributed by atoms with E-state index in [9.17, 15) is 13.2 Å². The van der Waals surface area contributed by atoms with Crippen LogP contribution in [0.5, 0.6) is 5.75 Å². The molecule has 5 nitrogen and oxygen atoms in total. The number of para-hydroxylation sites is 2. The fraction of sp³-hybridized carbons (Fsp3) is 0.133. The van der Waals surface area contributed by atoms with Crippen LogP contribution in [0.3, 0.4) is 0 Å². The Bertz CT molecular complexity index is 817. The molecule has 0 aliphatic heterocycles. The molecule has 0 spiro atoms. The molecule has 0 atom stereocenters. The Morgan fingerprint density at radius 2 is 1.70 bits per heavy atom. The largest absolute Gasteiger partial charge is 0.481 e. The predicted octanol–water partition coefficient (Wildman–Crippen LogP) is 3.41. The van der Waals surface area contributed by atoms with Crippen LogP contribution in [0.1, 0.15) is 0 Å². The van der Waals surface area contributed by atoms with E-state index in [0.29, 0.717) is 0 Å². The lowest BCUT2D eigenvalue weighted by molar-refractivity contribution is -0.118. The van der Waals surface area contributed by atoms with Gasteiger partial charge in [0.05, 0.1) is 20.6 Å². The van der Waals surface area contributed by atoms with Gasteiger partial charge in [-0.2, -0.15) is 0 Å². The molecule has 1 N–H and O–H groups in total. The molecule has 0 aliphatic rings. The molecule has 0 aromatic heterocycles. The number of carbonyl (C=O) groups excluding carboxylic acids is 1. The second-order valence-corrected chi connectivity index (χ2v) is 7.45. The molecule has 2 aromatic rings. The van der Waals surface area contributed by atoms with Gasteiger partial charge in [0.25, 0.3) is 5.91 Å². The van der Waals surface area contributed by atoms with E-state index in [0.717, 1.165) is 6.26 Å². The van der Waals surface area contributed by atoms with Crippen molar-refractivity contribution in [2.24, 2.45) is 0 Å². The minimum Gasteiger partial charge on any atom is -0.481 e. The summed E-state index contributed by atoms with van der Waals surface area (Å²) in [6, 6.07) is 10.9. The van der Waals surface area contributed by atoms with Crippen molar-refractivity contribution in [3.8, 4) is 5.75 Å². The van der Waals surface area contributed by atoms with Crippen molar-refractivity contribution in [2.75, 3.05) is 18.2 Å². The highest BCUT2D eigenvalue weighted by Gasteiger charge is 2.15. The van der Waals surface area contributed by atoms with Crippen LogP contribution in [0.25, 0.3) is 0 Å². The average Bonchev–Trinajstić information content (AvgIpc) is 2.46. The lowest BCUT2D eigenvalue weighted by atomic mass is 10.3. The third kappa shape index (κ3) is 4.60. The molecule has 0 bridgehead atoms. The van der Waals surface area contributed by atoms with E-state index in [2.05, 4.69) is 5.32 Å². The van der Waals surface area contributed by atoms with Gasteiger partial charge in [0, 0.05) is 6.26 Å². The van der Waals surface area contributed by atoms with Gasteiger partial charge in [0.2, 0.25) is 0 Å². The highest BCUT2D eigenvalue weighted by atomic mass is 35.5. The van der Waals surface area contributed by atoms with Crippen molar-refractivity contribution < 1.29 is 17.9 Å². The molecule has 0 saturated carbocycles. The van der Waals surface area contributed by atoms with E-state index in [1.54, 1.807) is 30.3 Å². The quantitative estimate of drug-likeness (QED) is 0.871. The van der Waals surface area contributed by atoms with E-state index in [1.807, 2.05) is 0 Å². The topological polar surface area (TPSA) is 72.5 Å². The summed E-state index contributed by atoms with van der Waals surface area (Å²) in [4.78, 5) is 12.0. The summed E-state index contributed by atoms with van der Waals surface area (Å²) in [6.45, 7) is -0.360. The Hall–Kier alpha value is -1.76. The lowest BCUT2D eigenvalue weighted by Crippen LogP contribution is -2.21. The zero-order valence-electron chi connectivity index (χ0n) is 12.0. The molecule has 0 fully saturated rings. The Balaban J connectivity index is 2.10. The minimum atomic E-state index is -3.46. The number of anilines is 1. The third-order valence-electron chi connectivity index (χ3n) is 2.83. The summed E-state index contributed by atoms with van der Waals surface area (Å²) in [5.41, 5.74) is 0.189. The molecule has 23 heavy (non-hydrogen) atoms. The van der Waals surface area contributed by atoms with Crippen molar-refractivity contribution in [1.82, 2.24) is 0 Å². The number of hydrogen-bond donors (Lipinski definition) is 1. The molecule has 122 valence electrons. The molecule has 0 radical (unpaired) electrons. The molecule has 0 aliphatic carbocycles. The van der Waals surface area contributed by atoms with Crippen LogP contribution in [0.2, 0.25) is 10.0 Å². The van der Waals surface area contributed by atoms with Gasteiger partial charge in [0.15, 0.2) is 22.2 Å². The second kappa shape index (κ2) is 7.21. The number of halogens is 2. The first-order chi connectivity index (χ1) is 10.8. The molecule has 2 aromatic carbocycles. The second-order valence-electron chi connectivity index (χ2n) is 4.66. The number of ether oxygens (including phenoxy) is 1. The number of carbonyl (C=O) groups is 1. The molecular formula is C15H13Cl2NO4S. The molecule has 0 unspecified atom stereocenters. The molecule has 8 heteroatoms. The zero-order valence-corrected chi connectivity index (χ0v) is 14.4. The van der Waals surface area contributed by atoms with Crippen LogP contribution >= 0.6 is 23.2 Å². The maximum Gasteiger partial charge on any atom is 0.262 e. The van der Waals surface area contributed by atoms with Gasteiger partial charge in [-0.25, -0.2) is 8.42 Å². The summed E-state index contributed by atoms with van der Waals surface area (Å²) in [6.07, 6.45) is 1.07. The number of sulfone groups is 1. The normalized spacial score (nSPS) is 11.1. The smallest absolute Gasteiger partial charge is 0.262 e. The van der Waals surface area contributed by atoms with Gasteiger partial charge in [-0.3, -0.25) is 4.79 Å². The minimum absolute atomic E-state index is 0.0316. The van der Waals surface area contributed by atoms with Crippen LogP contribution in [0.4, 0.5) is 5.69 Å². The number of nitrogens with one attached hydrogen (secondary N) is 1. The van der Waals surface area contributed by atoms with Crippen molar-refractivity contribution in [3.05, 3.63) is 52.5 Å². The number of amides is 1. The SMILES string of the molecule is CS(=O)(=O)c1ccccc1NC(=O)COc1c(Cl)cccc1Cl. The van der Waals surface area contributed by atoms with E-state index in [-0.39, 0.29) is 33.0 Å². The van der Waals surface area contributed by atoms with Gasteiger partial charge in [-0.05, 0) is 24.3 Å². The van der Waals surface area contributed by atoms with E-state index in [4.69, 9.17) is 27.9 Å². The molecule has 1 amide bonds. The van der Waals surface area contributed by atoms with E-state index >= 15 is 0 Å². The monoisotopic (exact) mass is 373 g/mol. The maximum absolute atomic E-state index is 12.0. The van der Waals surface area contributed by atoms with E-state index in [1.165, 1.54) is 12.1 Å². The average molecular weight is 374 g/mol. The van der Waals surface area contributed by atoms with Crippen LogP contribution < -0.4 is 10.1 Å². The fourth-order valence-corrected chi connectivity index (χ4v) is 3.19. The van der Waals surface area contributed by atoms with Crippen LogP contribution in [0.15, 0.2) is 47.4 Å². The summed E-state index contributed by atoms with van der Waals surface area (Å²) >= 11 is 11.9. The molecular weight excluding hydrogens is 361 g/mol. The lowest BCUT2D eigenvalue weighted by Gasteiger charge is -2.12. The number of rotatable bonds is 5. The van der Waals surface area contributed by atoms with Crippen LogP contribution in [0, 0.1) is 0 Å². The Labute approximate surface area is 144 Å². The Kier molecular flexibility index (Phi) is 5.51. The van der Waals surface area contributed by atoms with Crippen molar-refractivity contribution in [2.45, 2.75) is 4.90 Å². The molecule has 2 rings (SSSR count). The molecule has 0 saturated heterocycles. The summed E-state index contributed by atoms with van der Waals surface area (Å²) in [7, 11) is -3.46. The van der Waals surface area contributed by atoms with Crippen molar-refractivity contribution in [1.29, 1.82) is 0 Å². The highest BCUT2D eigenvalue weighted by Crippen LogP contribution is 2.32. The summed E-state index contributed by atoms with van der Waals surface area (Å²) in [5, 5.41) is 3.06. The van der Waals surface area contributed by atoms with Gasteiger partial charge >= 0.3 is 0 Å². The summed E-state index contributed by atoms with van der Waals surface area (Å²) < 4.78 is 28.7. The predicted molar refractivity (Wildman–Crippen MR) is 90.1 cm³/mol. The van der Waals surface area contributed by atoms with Gasteiger partial charge in [-0.15, -0.1) is 0 Å². The van der Waals surface area contributed by atoms with Crippen LogP contribution in [-0.2, 0) is 14.6 Å². The number of benzene rings is 2. The van der Waals surface area contributed by atoms with Gasteiger partial charge in [0.1, 0.15) is 0 Å². The van der Waals surface area contributed by atoms with Gasteiger partial charge < -0.3 is 10.1 Å². The summed E-state index contributed by atoms with van der Waals surface area (Å²) in [5.74, 6) is -0.334. The number of hydrogen-bond acceptors (Lipinski definition) is 4. The zero-order chi connectivity index (χ0) is 17.0. The first kappa shape index (κ1) is 17.6. The third-order valence-corrected chi connectivity index (χ3v) is 4.58. The highest BCUT2D eigenvalue weighted by molar-refractivity contribution is 7.90. The fourth-order valence-electron chi connectivity index (χ4n) is 1.84. The maximum atomic E-state index is 12.0. The van der Waals surface area contributed by atoms with Gasteiger partial charge in [-0.1, -0.05) is 41.4 Å². The van der Waals surface area contributed by atoms with Crippen molar-refractivity contribution >= 4 is 44.6 Å². The first-order valence-corrected chi connectivity index (χ1v) is 9.09. The Morgan fingerprint density at radius 1 is 1.09 bits per heavy atom. The van der Waals surface area contributed by atoms with Crippen LogP contribution in [-0.4, -0.2) is 27.2 Å². The van der Waals surface area contributed by atoms with Crippen molar-refractivity contribution in [3.63, 3.8) is 0 Å². The first-order valence-electron chi connectivity index (χ1n) is 6.45. The standard InChI is InChI=1S/C15H13Cl2NO4S/c1-23(20,21)13-8-3-2-7-12(13)18-14(19)9-22-15-10(16)5-4-6-11(15)17/h2-8H,9H2,1H3,(H,18,19). The molecule has 0 heterocycles. The Morgan fingerprint density at radius 3 is 2.30 bits per heavy atom. The van der Waals surface area contributed by atoms with E-state index < -0.39 is 15.7 Å².